The van der Waals surface area contributed by atoms with E-state index in [1.807, 2.05) is 0 Å². The third kappa shape index (κ3) is 2.83. The Hall–Kier alpha value is -1.53. The van der Waals surface area contributed by atoms with Gasteiger partial charge in [0.1, 0.15) is 10.8 Å². The van der Waals surface area contributed by atoms with Gasteiger partial charge in [-0.3, -0.25) is 4.98 Å². The van der Waals surface area contributed by atoms with Crippen molar-refractivity contribution in [2.75, 3.05) is 5.32 Å². The molecule has 2 aromatic rings. The molecule has 0 saturated heterocycles. The van der Waals surface area contributed by atoms with Crippen LogP contribution in [0.4, 0.5) is 15.8 Å². The van der Waals surface area contributed by atoms with Crippen LogP contribution in [0.3, 0.4) is 0 Å². The van der Waals surface area contributed by atoms with Gasteiger partial charge in [-0.05, 0) is 24.3 Å². The number of anilines is 2. The molecule has 0 radical (unpaired) electrons. The molecule has 0 bridgehead atoms. The predicted molar refractivity (Wildman–Crippen MR) is 77.5 cm³/mol. The van der Waals surface area contributed by atoms with E-state index >= 15 is 0 Å². The van der Waals surface area contributed by atoms with E-state index < -0.39 is 0 Å². The van der Waals surface area contributed by atoms with Crippen molar-refractivity contribution in [1.82, 2.24) is 4.98 Å². The van der Waals surface area contributed by atoms with Crippen molar-refractivity contribution in [2.24, 2.45) is 5.73 Å². The minimum Gasteiger partial charge on any atom is -0.389 e. The third-order valence-electron chi connectivity index (χ3n) is 2.29. The standard InChI is InChI=1S/C12H9BrFN3S/c13-7-1-2-10(9(14)5-7)17-11-6-16-4-3-8(11)12(15)18/h1-6,17H,(H2,15,18). The van der Waals surface area contributed by atoms with Crippen LogP contribution in [0.5, 0.6) is 0 Å². The molecular formula is C12H9BrFN3S. The lowest BCUT2D eigenvalue weighted by atomic mass is 10.2. The van der Waals surface area contributed by atoms with Crippen LogP contribution in [-0.2, 0) is 0 Å². The van der Waals surface area contributed by atoms with Gasteiger partial charge in [0.05, 0.1) is 17.6 Å². The summed E-state index contributed by atoms with van der Waals surface area (Å²) < 4.78 is 14.4. The SMILES string of the molecule is NC(=S)c1ccncc1Nc1ccc(Br)cc1F. The molecule has 0 atom stereocenters. The smallest absolute Gasteiger partial charge is 0.147 e. The highest BCUT2D eigenvalue weighted by atomic mass is 79.9. The maximum absolute atomic E-state index is 13.7. The van der Waals surface area contributed by atoms with E-state index in [1.165, 1.54) is 6.07 Å². The van der Waals surface area contributed by atoms with Crippen LogP contribution in [0, 0.1) is 5.82 Å². The summed E-state index contributed by atoms with van der Waals surface area (Å²) in [5.41, 5.74) is 7.13. The van der Waals surface area contributed by atoms with Gasteiger partial charge in [0.2, 0.25) is 0 Å². The monoisotopic (exact) mass is 325 g/mol. The second-order valence-electron chi connectivity index (χ2n) is 3.53. The Morgan fingerprint density at radius 1 is 1.33 bits per heavy atom. The molecule has 1 aromatic heterocycles. The van der Waals surface area contributed by atoms with Crippen LogP contribution in [0.15, 0.2) is 41.1 Å². The van der Waals surface area contributed by atoms with Crippen molar-refractivity contribution in [1.29, 1.82) is 0 Å². The number of nitrogens with two attached hydrogens (primary N) is 1. The predicted octanol–water partition coefficient (Wildman–Crippen LogP) is 3.36. The first-order valence-corrected chi connectivity index (χ1v) is 6.24. The number of aromatic nitrogens is 1. The zero-order chi connectivity index (χ0) is 13.1. The van der Waals surface area contributed by atoms with E-state index in [-0.39, 0.29) is 10.8 Å². The molecule has 0 aliphatic rings. The number of hydrogen-bond acceptors (Lipinski definition) is 3. The Balaban J connectivity index is 2.37. The molecule has 92 valence electrons. The topological polar surface area (TPSA) is 50.9 Å². The molecule has 18 heavy (non-hydrogen) atoms. The maximum atomic E-state index is 13.7. The van der Waals surface area contributed by atoms with Gasteiger partial charge in [-0.15, -0.1) is 0 Å². The largest absolute Gasteiger partial charge is 0.389 e. The number of pyridine rings is 1. The van der Waals surface area contributed by atoms with Crippen molar-refractivity contribution in [3.63, 3.8) is 0 Å². The summed E-state index contributed by atoms with van der Waals surface area (Å²) >= 11 is 8.13. The number of nitrogens with one attached hydrogen (secondary N) is 1. The van der Waals surface area contributed by atoms with Gasteiger partial charge in [-0.2, -0.15) is 0 Å². The average Bonchev–Trinajstić information content (AvgIpc) is 2.33. The zero-order valence-corrected chi connectivity index (χ0v) is 11.6. The summed E-state index contributed by atoms with van der Waals surface area (Å²) in [7, 11) is 0. The highest BCUT2D eigenvalue weighted by Gasteiger charge is 2.08. The number of rotatable bonds is 3. The van der Waals surface area contributed by atoms with Crippen molar-refractivity contribution < 1.29 is 4.39 Å². The normalized spacial score (nSPS) is 10.1. The van der Waals surface area contributed by atoms with Gasteiger partial charge in [0.15, 0.2) is 0 Å². The van der Waals surface area contributed by atoms with Crippen LogP contribution in [0.25, 0.3) is 0 Å². The van der Waals surface area contributed by atoms with Gasteiger partial charge >= 0.3 is 0 Å². The Morgan fingerprint density at radius 3 is 2.78 bits per heavy atom. The summed E-state index contributed by atoms with van der Waals surface area (Å²) in [4.78, 5) is 4.20. The first kappa shape index (κ1) is 12.9. The molecule has 3 nitrogen and oxygen atoms in total. The van der Waals surface area contributed by atoms with Crippen molar-refractivity contribution in [2.45, 2.75) is 0 Å². The minimum absolute atomic E-state index is 0.234. The second-order valence-corrected chi connectivity index (χ2v) is 4.89. The third-order valence-corrected chi connectivity index (χ3v) is 3.00. The molecule has 6 heteroatoms. The lowest BCUT2D eigenvalue weighted by molar-refractivity contribution is 0.631. The van der Waals surface area contributed by atoms with E-state index in [0.717, 1.165) is 0 Å². The highest BCUT2D eigenvalue weighted by Crippen LogP contribution is 2.24. The van der Waals surface area contributed by atoms with E-state index in [4.69, 9.17) is 18.0 Å². The molecule has 0 aliphatic heterocycles. The van der Waals surface area contributed by atoms with E-state index in [1.54, 1.807) is 30.6 Å². The molecule has 0 spiro atoms. The van der Waals surface area contributed by atoms with E-state index in [9.17, 15) is 4.39 Å². The number of hydrogen-bond donors (Lipinski definition) is 2. The first-order chi connectivity index (χ1) is 8.58. The lowest BCUT2D eigenvalue weighted by Gasteiger charge is -2.11. The summed E-state index contributed by atoms with van der Waals surface area (Å²) in [5.74, 6) is -0.373. The van der Waals surface area contributed by atoms with Crippen LogP contribution < -0.4 is 11.1 Å². The van der Waals surface area contributed by atoms with Crippen molar-refractivity contribution in [3.8, 4) is 0 Å². The summed E-state index contributed by atoms with van der Waals surface area (Å²) in [6.07, 6.45) is 3.13. The molecule has 0 saturated carbocycles. The molecular weight excluding hydrogens is 317 g/mol. The van der Waals surface area contributed by atoms with Crippen LogP contribution in [0.1, 0.15) is 5.56 Å². The molecule has 0 aliphatic carbocycles. The minimum atomic E-state index is -0.373. The zero-order valence-electron chi connectivity index (χ0n) is 9.15. The van der Waals surface area contributed by atoms with E-state index in [0.29, 0.717) is 21.4 Å². The highest BCUT2D eigenvalue weighted by molar-refractivity contribution is 9.10. The van der Waals surface area contributed by atoms with Crippen LogP contribution in [0.2, 0.25) is 0 Å². The summed E-state index contributed by atoms with van der Waals surface area (Å²) in [6.45, 7) is 0. The van der Waals surface area contributed by atoms with Gasteiger partial charge in [0.25, 0.3) is 0 Å². The van der Waals surface area contributed by atoms with Gasteiger partial charge < -0.3 is 11.1 Å². The second kappa shape index (κ2) is 5.41. The van der Waals surface area contributed by atoms with Gasteiger partial charge in [-0.1, -0.05) is 28.1 Å². The summed E-state index contributed by atoms with van der Waals surface area (Å²) in [5, 5.41) is 2.92. The summed E-state index contributed by atoms with van der Waals surface area (Å²) in [6, 6.07) is 6.42. The Labute approximate surface area is 117 Å². The van der Waals surface area contributed by atoms with Crippen molar-refractivity contribution >= 4 is 44.5 Å². The molecule has 0 amide bonds. The average molecular weight is 326 g/mol. The number of nitrogens with zero attached hydrogens (tertiary/aromatic N) is 1. The lowest BCUT2D eigenvalue weighted by Crippen LogP contribution is -2.12. The number of benzene rings is 1. The molecule has 0 unspecified atom stereocenters. The quantitative estimate of drug-likeness (QED) is 0.849. The molecule has 3 N–H and O–H groups in total. The Kier molecular flexibility index (Phi) is 3.88. The molecule has 1 aromatic carbocycles. The van der Waals surface area contributed by atoms with Gasteiger partial charge in [-0.25, -0.2) is 4.39 Å². The number of thiocarbonyl (C=S) groups is 1. The van der Waals surface area contributed by atoms with Crippen LogP contribution >= 0.6 is 28.1 Å². The fourth-order valence-electron chi connectivity index (χ4n) is 1.44. The van der Waals surface area contributed by atoms with Crippen molar-refractivity contribution in [3.05, 3.63) is 52.5 Å². The fourth-order valence-corrected chi connectivity index (χ4v) is 1.96. The van der Waals surface area contributed by atoms with Gasteiger partial charge in [0, 0.05) is 16.2 Å². The van der Waals surface area contributed by atoms with E-state index in [2.05, 4.69) is 26.2 Å². The Morgan fingerprint density at radius 2 is 2.11 bits per heavy atom. The van der Waals surface area contributed by atoms with Crippen LogP contribution in [-0.4, -0.2) is 9.97 Å². The fraction of sp³-hybridized carbons (Fsp3) is 0. The molecule has 1 heterocycles. The first-order valence-electron chi connectivity index (χ1n) is 5.04. The number of halogens is 2. The maximum Gasteiger partial charge on any atom is 0.147 e. The molecule has 2 rings (SSSR count). The molecule has 0 fully saturated rings. The Bertz CT molecular complexity index is 604.